The first-order valence-electron chi connectivity index (χ1n) is 6.52. The average Bonchev–Trinajstić information content (AvgIpc) is 2.99. The van der Waals surface area contributed by atoms with E-state index in [0.29, 0.717) is 6.42 Å². The van der Waals surface area contributed by atoms with Gasteiger partial charge in [0, 0.05) is 18.3 Å². The number of pyridine rings is 1. The van der Waals surface area contributed by atoms with Crippen LogP contribution in [0.3, 0.4) is 0 Å². The number of nitrogens with one attached hydrogen (secondary N) is 1. The smallest absolute Gasteiger partial charge is 0.261 e. The Hall–Kier alpha value is -2.89. The van der Waals surface area contributed by atoms with Crippen molar-refractivity contribution in [2.24, 2.45) is 10.9 Å². The van der Waals surface area contributed by atoms with Crippen molar-refractivity contribution in [2.45, 2.75) is 12.5 Å². The third kappa shape index (κ3) is 3.00. The van der Waals surface area contributed by atoms with Gasteiger partial charge in [0.05, 0.1) is 17.6 Å². The minimum Gasteiger partial charge on any atom is -0.382 e. The molecule has 1 aromatic heterocycles. The standard InChI is InChI=1S/C15H14N4O2/c16-15(20)14-8-13(19-21-14)10-3-5-11(6-4-10)18-12-2-1-7-17-9-12/h1-7,9,14,18H,8H2,(H2,16,20). The lowest BCUT2D eigenvalue weighted by Crippen LogP contribution is -2.28. The Morgan fingerprint density at radius 2 is 2.05 bits per heavy atom. The van der Waals surface area contributed by atoms with Crippen LogP contribution in [0.4, 0.5) is 11.4 Å². The van der Waals surface area contributed by atoms with E-state index < -0.39 is 12.0 Å². The van der Waals surface area contributed by atoms with Crippen LogP contribution in [-0.4, -0.2) is 22.7 Å². The van der Waals surface area contributed by atoms with Gasteiger partial charge in [-0.3, -0.25) is 9.78 Å². The summed E-state index contributed by atoms with van der Waals surface area (Å²) in [5, 5.41) is 7.15. The number of carbonyl (C=O) groups is 1. The van der Waals surface area contributed by atoms with Crippen molar-refractivity contribution in [3.63, 3.8) is 0 Å². The molecule has 21 heavy (non-hydrogen) atoms. The number of oxime groups is 1. The van der Waals surface area contributed by atoms with Crippen LogP contribution in [0.1, 0.15) is 12.0 Å². The number of carbonyl (C=O) groups excluding carboxylic acids is 1. The zero-order valence-electron chi connectivity index (χ0n) is 11.2. The van der Waals surface area contributed by atoms with E-state index in [1.165, 1.54) is 0 Å². The molecule has 0 aliphatic carbocycles. The molecular formula is C15H14N4O2. The molecule has 2 heterocycles. The van der Waals surface area contributed by atoms with Crippen LogP contribution >= 0.6 is 0 Å². The molecule has 0 bridgehead atoms. The lowest BCUT2D eigenvalue weighted by Gasteiger charge is -2.06. The van der Waals surface area contributed by atoms with E-state index in [4.69, 9.17) is 10.6 Å². The van der Waals surface area contributed by atoms with Gasteiger partial charge in [-0.15, -0.1) is 0 Å². The fraction of sp³-hybridized carbons (Fsp3) is 0.133. The molecule has 0 spiro atoms. The first-order valence-corrected chi connectivity index (χ1v) is 6.52. The van der Waals surface area contributed by atoms with E-state index in [1.807, 2.05) is 36.4 Å². The van der Waals surface area contributed by atoms with Crippen LogP contribution in [0.15, 0.2) is 53.9 Å². The summed E-state index contributed by atoms with van der Waals surface area (Å²) in [7, 11) is 0. The minimum absolute atomic E-state index is 0.407. The van der Waals surface area contributed by atoms with Gasteiger partial charge in [0.25, 0.3) is 5.91 Å². The zero-order chi connectivity index (χ0) is 14.7. The Bertz CT molecular complexity index is 668. The van der Waals surface area contributed by atoms with Gasteiger partial charge in [-0.1, -0.05) is 17.3 Å². The van der Waals surface area contributed by atoms with Gasteiger partial charge in [0.1, 0.15) is 0 Å². The summed E-state index contributed by atoms with van der Waals surface area (Å²) in [5.41, 5.74) is 8.70. The highest BCUT2D eigenvalue weighted by atomic mass is 16.6. The van der Waals surface area contributed by atoms with Crippen molar-refractivity contribution in [1.82, 2.24) is 4.98 Å². The number of aromatic nitrogens is 1. The monoisotopic (exact) mass is 282 g/mol. The molecule has 106 valence electrons. The van der Waals surface area contributed by atoms with Gasteiger partial charge in [-0.25, -0.2) is 0 Å². The number of hydrogen-bond donors (Lipinski definition) is 2. The molecule has 2 aromatic rings. The summed E-state index contributed by atoms with van der Waals surface area (Å²) in [6.45, 7) is 0. The predicted molar refractivity (Wildman–Crippen MR) is 79.2 cm³/mol. The van der Waals surface area contributed by atoms with Gasteiger partial charge in [0.2, 0.25) is 6.10 Å². The van der Waals surface area contributed by atoms with E-state index in [0.717, 1.165) is 22.6 Å². The highest BCUT2D eigenvalue weighted by molar-refractivity contribution is 6.04. The fourth-order valence-electron chi connectivity index (χ4n) is 2.05. The van der Waals surface area contributed by atoms with Crippen molar-refractivity contribution >= 4 is 23.0 Å². The van der Waals surface area contributed by atoms with Crippen LogP contribution < -0.4 is 11.1 Å². The largest absolute Gasteiger partial charge is 0.382 e. The maximum absolute atomic E-state index is 11.0. The molecule has 1 amide bonds. The second-order valence-corrected chi connectivity index (χ2v) is 4.68. The molecule has 1 unspecified atom stereocenters. The molecule has 1 atom stereocenters. The number of rotatable bonds is 4. The van der Waals surface area contributed by atoms with Crippen molar-refractivity contribution in [3.8, 4) is 0 Å². The molecule has 0 saturated heterocycles. The minimum atomic E-state index is -0.659. The van der Waals surface area contributed by atoms with E-state index >= 15 is 0 Å². The Morgan fingerprint density at radius 1 is 1.24 bits per heavy atom. The molecule has 3 rings (SSSR count). The summed E-state index contributed by atoms with van der Waals surface area (Å²) < 4.78 is 0. The molecule has 3 N–H and O–H groups in total. The predicted octanol–water partition coefficient (Wildman–Crippen LogP) is 1.80. The van der Waals surface area contributed by atoms with Crippen LogP contribution in [-0.2, 0) is 9.63 Å². The van der Waals surface area contributed by atoms with E-state index in [9.17, 15) is 4.79 Å². The number of primary amides is 1. The molecule has 1 aromatic carbocycles. The van der Waals surface area contributed by atoms with E-state index in [-0.39, 0.29) is 0 Å². The highest BCUT2D eigenvalue weighted by Crippen LogP contribution is 2.20. The maximum atomic E-state index is 11.0. The third-order valence-corrected chi connectivity index (χ3v) is 3.15. The van der Waals surface area contributed by atoms with Crippen molar-refractivity contribution in [3.05, 3.63) is 54.4 Å². The summed E-state index contributed by atoms with van der Waals surface area (Å²) >= 11 is 0. The van der Waals surface area contributed by atoms with Crippen molar-refractivity contribution in [2.75, 3.05) is 5.32 Å². The Labute approximate surface area is 121 Å². The molecule has 0 radical (unpaired) electrons. The lowest BCUT2D eigenvalue weighted by molar-refractivity contribution is -0.127. The normalized spacial score (nSPS) is 17.0. The molecular weight excluding hydrogens is 268 g/mol. The van der Waals surface area contributed by atoms with Gasteiger partial charge >= 0.3 is 0 Å². The van der Waals surface area contributed by atoms with E-state index in [1.54, 1.807) is 12.4 Å². The molecule has 0 fully saturated rings. The molecule has 6 nitrogen and oxygen atoms in total. The van der Waals surface area contributed by atoms with Gasteiger partial charge in [-0.05, 0) is 29.8 Å². The third-order valence-electron chi connectivity index (χ3n) is 3.15. The quantitative estimate of drug-likeness (QED) is 0.894. The molecule has 1 aliphatic rings. The number of nitrogens with two attached hydrogens (primary N) is 1. The van der Waals surface area contributed by atoms with Crippen molar-refractivity contribution in [1.29, 1.82) is 0 Å². The summed E-state index contributed by atoms with van der Waals surface area (Å²) in [6, 6.07) is 11.5. The first-order chi connectivity index (χ1) is 10.2. The average molecular weight is 282 g/mol. The van der Waals surface area contributed by atoms with Crippen LogP contribution in [0.25, 0.3) is 0 Å². The zero-order valence-corrected chi connectivity index (χ0v) is 11.2. The number of amides is 1. The molecule has 0 saturated carbocycles. The summed E-state index contributed by atoms with van der Waals surface area (Å²) in [5.74, 6) is -0.497. The second-order valence-electron chi connectivity index (χ2n) is 4.68. The summed E-state index contributed by atoms with van der Waals surface area (Å²) in [6.07, 6.45) is 3.22. The number of benzene rings is 1. The van der Waals surface area contributed by atoms with Gasteiger partial charge in [0.15, 0.2) is 0 Å². The maximum Gasteiger partial charge on any atom is 0.261 e. The number of hydrogen-bond acceptors (Lipinski definition) is 5. The SMILES string of the molecule is NC(=O)C1CC(c2ccc(Nc3cccnc3)cc2)=NO1. The number of anilines is 2. The topological polar surface area (TPSA) is 89.6 Å². The number of nitrogens with zero attached hydrogens (tertiary/aromatic N) is 2. The lowest BCUT2D eigenvalue weighted by atomic mass is 10.0. The van der Waals surface area contributed by atoms with Crippen LogP contribution in [0.5, 0.6) is 0 Å². The highest BCUT2D eigenvalue weighted by Gasteiger charge is 2.26. The Kier molecular flexibility index (Phi) is 3.51. The molecule has 6 heteroatoms. The first kappa shape index (κ1) is 13.1. The van der Waals surface area contributed by atoms with Gasteiger partial charge in [-0.2, -0.15) is 0 Å². The fourth-order valence-corrected chi connectivity index (χ4v) is 2.05. The van der Waals surface area contributed by atoms with E-state index in [2.05, 4.69) is 15.5 Å². The molecule has 1 aliphatic heterocycles. The Balaban J connectivity index is 1.69. The Morgan fingerprint density at radius 3 is 2.67 bits per heavy atom. The van der Waals surface area contributed by atoms with Crippen molar-refractivity contribution < 1.29 is 9.63 Å². The summed E-state index contributed by atoms with van der Waals surface area (Å²) in [4.78, 5) is 20.1. The van der Waals surface area contributed by atoms with Gasteiger partial charge < -0.3 is 15.9 Å². The van der Waals surface area contributed by atoms with Crippen LogP contribution in [0, 0.1) is 0 Å². The van der Waals surface area contributed by atoms with Crippen LogP contribution in [0.2, 0.25) is 0 Å². The second kappa shape index (κ2) is 5.62.